The molecule has 1 atom stereocenters. The Morgan fingerprint density at radius 3 is 2.45 bits per heavy atom. The van der Waals surface area contributed by atoms with Crippen LogP contribution in [-0.2, 0) is 11.2 Å². The summed E-state index contributed by atoms with van der Waals surface area (Å²) >= 11 is 0. The highest BCUT2D eigenvalue weighted by Crippen LogP contribution is 2.14. The minimum Gasteiger partial charge on any atom is -0.356 e. The van der Waals surface area contributed by atoms with Crippen molar-refractivity contribution in [2.75, 3.05) is 52.9 Å². The second-order valence-electron chi connectivity index (χ2n) is 7.54. The Labute approximate surface area is 190 Å². The third-order valence-electron chi connectivity index (χ3n) is 5.57. The lowest BCUT2D eigenvalue weighted by atomic mass is 10.2. The number of amides is 1. The second kappa shape index (κ2) is 11.7. The van der Waals surface area contributed by atoms with Gasteiger partial charge >= 0.3 is 0 Å². The van der Waals surface area contributed by atoms with Crippen LogP contribution in [0, 0.1) is 6.92 Å². The van der Waals surface area contributed by atoms with E-state index in [1.165, 1.54) is 0 Å². The van der Waals surface area contributed by atoms with Gasteiger partial charge in [0.1, 0.15) is 0 Å². The molecule has 10 heteroatoms. The number of halogens is 1. The van der Waals surface area contributed by atoms with Crippen molar-refractivity contribution in [2.24, 2.45) is 4.99 Å². The van der Waals surface area contributed by atoms with Crippen LogP contribution in [0.25, 0.3) is 0 Å². The van der Waals surface area contributed by atoms with E-state index < -0.39 is 0 Å². The molecule has 3 rings (SSSR count). The predicted octanol–water partition coefficient (Wildman–Crippen LogP) is 1.13. The van der Waals surface area contributed by atoms with E-state index in [9.17, 15) is 4.79 Å². The molecule has 0 bridgehead atoms. The summed E-state index contributed by atoms with van der Waals surface area (Å²) in [7, 11) is 1.82. The topological polar surface area (TPSA) is 90.1 Å². The van der Waals surface area contributed by atoms with Gasteiger partial charge in [0.25, 0.3) is 0 Å². The highest BCUT2D eigenvalue weighted by Gasteiger charge is 2.30. The number of aliphatic imine (C=N–C) groups is 1. The molecular formula is C19H34IN7O2. The number of likely N-dealkylation sites (tertiary alicyclic amines) is 1. The van der Waals surface area contributed by atoms with Crippen LogP contribution < -0.4 is 5.32 Å². The molecule has 1 amide bonds. The van der Waals surface area contributed by atoms with Gasteiger partial charge in [-0.15, -0.1) is 24.0 Å². The van der Waals surface area contributed by atoms with Crippen LogP contribution in [0.1, 0.15) is 37.9 Å². The van der Waals surface area contributed by atoms with Crippen molar-refractivity contribution in [3.05, 3.63) is 11.7 Å². The number of guanidine groups is 1. The minimum absolute atomic E-state index is 0. The summed E-state index contributed by atoms with van der Waals surface area (Å²) in [6.07, 6.45) is 3.94. The van der Waals surface area contributed by atoms with E-state index in [0.717, 1.165) is 77.5 Å². The number of hydrogen-bond donors (Lipinski definition) is 1. The van der Waals surface area contributed by atoms with Crippen molar-refractivity contribution in [1.82, 2.24) is 30.2 Å². The fraction of sp³-hybridized carbons (Fsp3) is 0.789. The Balaban J connectivity index is 0.00000300. The fourth-order valence-corrected chi connectivity index (χ4v) is 3.89. The molecule has 0 saturated carbocycles. The fourth-order valence-electron chi connectivity index (χ4n) is 3.89. The molecule has 1 aromatic heterocycles. The molecule has 1 N–H and O–H groups in total. The van der Waals surface area contributed by atoms with Crippen molar-refractivity contribution in [2.45, 2.75) is 45.6 Å². The number of aryl methyl sites for hydroxylation is 2. The van der Waals surface area contributed by atoms with Crippen LogP contribution in [0.3, 0.4) is 0 Å². The molecule has 1 aromatic rings. The summed E-state index contributed by atoms with van der Waals surface area (Å²) in [5, 5.41) is 7.23. The molecule has 2 aliphatic rings. The lowest BCUT2D eigenvalue weighted by molar-refractivity contribution is -0.135. The average molecular weight is 519 g/mol. The van der Waals surface area contributed by atoms with Gasteiger partial charge in [-0.05, 0) is 33.1 Å². The number of rotatable bonds is 6. The van der Waals surface area contributed by atoms with Gasteiger partial charge in [0, 0.05) is 59.3 Å². The van der Waals surface area contributed by atoms with Crippen molar-refractivity contribution >= 4 is 35.8 Å². The molecule has 0 aliphatic carbocycles. The Morgan fingerprint density at radius 2 is 1.86 bits per heavy atom. The van der Waals surface area contributed by atoms with E-state index in [1.807, 2.05) is 25.8 Å². The predicted molar refractivity (Wildman–Crippen MR) is 123 cm³/mol. The first-order valence-corrected chi connectivity index (χ1v) is 10.4. The van der Waals surface area contributed by atoms with Crippen molar-refractivity contribution in [1.29, 1.82) is 0 Å². The van der Waals surface area contributed by atoms with Gasteiger partial charge in [0.2, 0.25) is 11.8 Å². The number of nitrogens with one attached hydrogen (secondary N) is 1. The maximum atomic E-state index is 12.6. The van der Waals surface area contributed by atoms with Crippen LogP contribution in [-0.4, -0.2) is 95.6 Å². The first-order valence-electron chi connectivity index (χ1n) is 10.4. The number of carbonyl (C=O) groups excluding carboxylic acids is 1. The molecule has 0 spiro atoms. The van der Waals surface area contributed by atoms with E-state index in [0.29, 0.717) is 11.7 Å². The van der Waals surface area contributed by atoms with Crippen LogP contribution >= 0.6 is 24.0 Å². The number of piperazine rings is 1. The summed E-state index contributed by atoms with van der Waals surface area (Å²) < 4.78 is 5.14. The van der Waals surface area contributed by atoms with Gasteiger partial charge in [-0.3, -0.25) is 14.7 Å². The number of aromatic nitrogens is 2. The number of carbonyl (C=O) groups is 1. The summed E-state index contributed by atoms with van der Waals surface area (Å²) in [4.78, 5) is 27.8. The van der Waals surface area contributed by atoms with Crippen molar-refractivity contribution in [3.63, 3.8) is 0 Å². The smallest absolute Gasteiger partial charge is 0.239 e. The lowest BCUT2D eigenvalue weighted by Gasteiger charge is -2.39. The molecule has 9 nitrogen and oxygen atoms in total. The van der Waals surface area contributed by atoms with Gasteiger partial charge in [0.05, 0.1) is 6.04 Å². The summed E-state index contributed by atoms with van der Waals surface area (Å²) in [5.41, 5.74) is 0. The molecule has 3 heterocycles. The zero-order valence-electron chi connectivity index (χ0n) is 17.8. The highest BCUT2D eigenvalue weighted by atomic mass is 127. The second-order valence-corrected chi connectivity index (χ2v) is 7.54. The molecule has 0 radical (unpaired) electrons. The molecule has 0 aromatic carbocycles. The maximum Gasteiger partial charge on any atom is 0.239 e. The van der Waals surface area contributed by atoms with Gasteiger partial charge in [0.15, 0.2) is 11.8 Å². The normalized spacial score (nSPS) is 19.2. The van der Waals surface area contributed by atoms with Crippen LogP contribution in [0.15, 0.2) is 9.52 Å². The van der Waals surface area contributed by atoms with Gasteiger partial charge in [-0.2, -0.15) is 4.98 Å². The van der Waals surface area contributed by atoms with Crippen LogP contribution in [0.5, 0.6) is 0 Å². The first-order chi connectivity index (χ1) is 13.6. The number of hydrogen-bond acceptors (Lipinski definition) is 6. The van der Waals surface area contributed by atoms with Crippen LogP contribution in [0.2, 0.25) is 0 Å². The Hall–Kier alpha value is -1.43. The molecule has 2 aliphatic heterocycles. The molecule has 2 saturated heterocycles. The molecule has 1 unspecified atom stereocenters. The number of nitrogens with zero attached hydrogens (tertiary/aromatic N) is 6. The maximum absolute atomic E-state index is 12.6. The van der Waals surface area contributed by atoms with Crippen LogP contribution in [0.4, 0.5) is 0 Å². The molecule has 2 fully saturated rings. The van der Waals surface area contributed by atoms with Gasteiger partial charge in [-0.1, -0.05) is 5.16 Å². The monoisotopic (exact) mass is 519 g/mol. The third kappa shape index (κ3) is 6.53. The summed E-state index contributed by atoms with van der Waals surface area (Å²) in [6.45, 7) is 10.0. The minimum atomic E-state index is -0.0342. The van der Waals surface area contributed by atoms with Gasteiger partial charge < -0.3 is 19.6 Å². The summed E-state index contributed by atoms with van der Waals surface area (Å²) in [5.74, 6) is 2.55. The third-order valence-corrected chi connectivity index (χ3v) is 5.57. The first kappa shape index (κ1) is 23.8. The lowest BCUT2D eigenvalue weighted by Crippen LogP contribution is -2.57. The van der Waals surface area contributed by atoms with Gasteiger partial charge in [-0.25, -0.2) is 0 Å². The molecular weight excluding hydrogens is 485 g/mol. The Morgan fingerprint density at radius 1 is 1.17 bits per heavy atom. The van der Waals surface area contributed by atoms with E-state index in [2.05, 4.69) is 30.2 Å². The standard InChI is InChI=1S/C19H33N7O2.HI/c1-15(18(27)25-9-4-5-10-25)24-11-13-26(14-12-24)19(20-3)21-8-6-7-17-22-16(2)23-28-17;/h15H,4-14H2,1-3H3,(H,20,21);1H. The Kier molecular flexibility index (Phi) is 9.60. The van der Waals surface area contributed by atoms with E-state index >= 15 is 0 Å². The van der Waals surface area contributed by atoms with Crippen molar-refractivity contribution < 1.29 is 9.32 Å². The van der Waals surface area contributed by atoms with E-state index in [1.54, 1.807) is 0 Å². The SMILES string of the molecule is CN=C(NCCCc1nc(C)no1)N1CCN(C(C)C(=O)N2CCCC2)CC1.I. The van der Waals surface area contributed by atoms with Crippen molar-refractivity contribution in [3.8, 4) is 0 Å². The van der Waals surface area contributed by atoms with E-state index in [-0.39, 0.29) is 35.9 Å². The largest absolute Gasteiger partial charge is 0.356 e. The summed E-state index contributed by atoms with van der Waals surface area (Å²) in [6, 6.07) is -0.0342. The Bertz CT molecular complexity index is 667. The molecule has 29 heavy (non-hydrogen) atoms. The quantitative estimate of drug-likeness (QED) is 0.261. The molecule has 164 valence electrons. The van der Waals surface area contributed by atoms with E-state index in [4.69, 9.17) is 4.52 Å². The zero-order chi connectivity index (χ0) is 19.9. The average Bonchev–Trinajstić information content (AvgIpc) is 3.39. The highest BCUT2D eigenvalue weighted by molar-refractivity contribution is 14.0. The zero-order valence-corrected chi connectivity index (χ0v) is 20.1.